The van der Waals surface area contributed by atoms with Crippen LogP contribution in [0.25, 0.3) is 0 Å². The van der Waals surface area contributed by atoms with E-state index in [-0.39, 0.29) is 0 Å². The van der Waals surface area contributed by atoms with Gasteiger partial charge in [0, 0.05) is 7.11 Å². The van der Waals surface area contributed by atoms with Crippen molar-refractivity contribution in [3.63, 3.8) is 0 Å². The first kappa shape index (κ1) is 30.2. The lowest BCUT2D eigenvalue weighted by Gasteiger charge is -2.20. The van der Waals surface area contributed by atoms with Gasteiger partial charge < -0.3 is 14.2 Å². The zero-order chi connectivity index (χ0) is 25.6. The maximum absolute atomic E-state index is 6.00. The zero-order valence-electron chi connectivity index (χ0n) is 21.8. The summed E-state index contributed by atoms with van der Waals surface area (Å²) < 4.78 is 16.2. The molecule has 0 radical (unpaired) electrons. The molecule has 0 fully saturated rings. The van der Waals surface area contributed by atoms with E-state index in [1.165, 1.54) is 0 Å². The molecule has 0 bridgehead atoms. The first-order valence-electron chi connectivity index (χ1n) is 11.3. The molecule has 0 amide bonds. The van der Waals surface area contributed by atoms with Gasteiger partial charge in [0.05, 0.1) is 13.7 Å². The first-order chi connectivity index (χ1) is 15.4. The molecule has 0 rings (SSSR count). The lowest BCUT2D eigenvalue weighted by atomic mass is 9.91. The van der Waals surface area contributed by atoms with E-state index in [0.717, 1.165) is 52.0 Å². The summed E-state index contributed by atoms with van der Waals surface area (Å²) in [6.45, 7) is 34.2. The highest BCUT2D eigenvalue weighted by molar-refractivity contribution is 5.54. The molecule has 0 aliphatic heterocycles. The van der Waals surface area contributed by atoms with Gasteiger partial charge in [0.2, 0.25) is 0 Å². The van der Waals surface area contributed by atoms with Gasteiger partial charge in [0.15, 0.2) is 0 Å². The zero-order valence-corrected chi connectivity index (χ0v) is 21.8. The average Bonchev–Trinajstić information content (AvgIpc) is 2.78. The SMILES string of the molecule is C=C(/C=C\C(=C)C(=C)/C(C)=C\C(=C)C(=C)/C=C(/OCCOC)C(=C)C(C)CCC(C)C)OC. The number of ether oxygens (including phenoxy) is 3. The monoisotopic (exact) mass is 452 g/mol. The summed E-state index contributed by atoms with van der Waals surface area (Å²) >= 11 is 0. The Labute approximate surface area is 202 Å². The highest BCUT2D eigenvalue weighted by atomic mass is 16.5. The Hall–Kier alpha value is -2.78. The van der Waals surface area contributed by atoms with Crippen LogP contribution in [0.5, 0.6) is 0 Å². The highest BCUT2D eigenvalue weighted by Crippen LogP contribution is 2.27. The fraction of sp³-hybridized carbons (Fsp3) is 0.400. The Morgan fingerprint density at radius 2 is 1.39 bits per heavy atom. The number of hydrogen-bond donors (Lipinski definition) is 0. The van der Waals surface area contributed by atoms with Crippen molar-refractivity contribution in [1.29, 1.82) is 0 Å². The molecular formula is C30H44O3. The molecule has 0 aromatic heterocycles. The van der Waals surface area contributed by atoms with E-state index in [4.69, 9.17) is 14.2 Å². The van der Waals surface area contributed by atoms with Gasteiger partial charge in [-0.2, -0.15) is 0 Å². The quantitative estimate of drug-likeness (QED) is 0.127. The lowest BCUT2D eigenvalue weighted by Crippen LogP contribution is -2.09. The molecule has 1 atom stereocenters. The van der Waals surface area contributed by atoms with Gasteiger partial charge in [0.25, 0.3) is 0 Å². The summed E-state index contributed by atoms with van der Waals surface area (Å²) in [4.78, 5) is 0. The van der Waals surface area contributed by atoms with Crippen LogP contribution in [0, 0.1) is 11.8 Å². The van der Waals surface area contributed by atoms with Crippen LogP contribution in [0.4, 0.5) is 0 Å². The summed E-state index contributed by atoms with van der Waals surface area (Å²) in [5.41, 5.74) is 4.99. The molecule has 182 valence electrons. The third-order valence-corrected chi connectivity index (χ3v) is 5.34. The molecule has 33 heavy (non-hydrogen) atoms. The normalized spacial score (nSPS) is 13.1. The molecule has 0 aliphatic rings. The van der Waals surface area contributed by atoms with Crippen LogP contribution < -0.4 is 0 Å². The Morgan fingerprint density at radius 3 is 1.94 bits per heavy atom. The molecule has 0 saturated heterocycles. The van der Waals surface area contributed by atoms with Crippen molar-refractivity contribution in [3.8, 4) is 0 Å². The van der Waals surface area contributed by atoms with Crippen LogP contribution in [-0.4, -0.2) is 27.4 Å². The Bertz CT molecular complexity index is 831. The maximum Gasteiger partial charge on any atom is 0.122 e. The van der Waals surface area contributed by atoms with Gasteiger partial charge in [-0.25, -0.2) is 0 Å². The smallest absolute Gasteiger partial charge is 0.122 e. The molecule has 0 aromatic carbocycles. The first-order valence-corrected chi connectivity index (χ1v) is 11.3. The summed E-state index contributed by atoms with van der Waals surface area (Å²) in [5.74, 6) is 2.23. The molecule has 0 aromatic rings. The summed E-state index contributed by atoms with van der Waals surface area (Å²) in [7, 11) is 3.23. The number of hydrogen-bond acceptors (Lipinski definition) is 3. The van der Waals surface area contributed by atoms with Gasteiger partial charge in [-0.05, 0) is 70.8 Å². The van der Waals surface area contributed by atoms with E-state index in [1.807, 2.05) is 25.2 Å². The van der Waals surface area contributed by atoms with Crippen LogP contribution in [0.1, 0.15) is 40.5 Å². The van der Waals surface area contributed by atoms with Gasteiger partial charge >= 0.3 is 0 Å². The van der Waals surface area contributed by atoms with Crippen LogP contribution in [0.3, 0.4) is 0 Å². The maximum atomic E-state index is 6.00. The van der Waals surface area contributed by atoms with E-state index in [1.54, 1.807) is 20.3 Å². The Kier molecular flexibility index (Phi) is 14.6. The largest absolute Gasteiger partial charge is 0.497 e. The van der Waals surface area contributed by atoms with E-state index < -0.39 is 0 Å². The summed E-state index contributed by atoms with van der Waals surface area (Å²) in [5, 5.41) is 0. The molecule has 3 heteroatoms. The molecular weight excluding hydrogens is 408 g/mol. The van der Waals surface area contributed by atoms with Crippen molar-refractivity contribution in [1.82, 2.24) is 0 Å². The van der Waals surface area contributed by atoms with Crippen molar-refractivity contribution in [2.45, 2.75) is 40.5 Å². The molecule has 0 N–H and O–H groups in total. The van der Waals surface area contributed by atoms with Crippen molar-refractivity contribution in [3.05, 3.63) is 109 Å². The third-order valence-electron chi connectivity index (χ3n) is 5.34. The predicted octanol–water partition coefficient (Wildman–Crippen LogP) is 8.05. The lowest BCUT2D eigenvalue weighted by molar-refractivity contribution is 0.111. The highest BCUT2D eigenvalue weighted by Gasteiger charge is 2.14. The number of allylic oxidation sites excluding steroid dienone is 10. The minimum atomic E-state index is 0.302. The van der Waals surface area contributed by atoms with Crippen molar-refractivity contribution in [2.75, 3.05) is 27.4 Å². The Morgan fingerprint density at radius 1 is 0.788 bits per heavy atom. The van der Waals surface area contributed by atoms with Crippen molar-refractivity contribution in [2.24, 2.45) is 11.8 Å². The fourth-order valence-corrected chi connectivity index (χ4v) is 2.77. The third kappa shape index (κ3) is 12.1. The minimum Gasteiger partial charge on any atom is -0.497 e. The van der Waals surface area contributed by atoms with E-state index in [9.17, 15) is 0 Å². The standard InChI is InChI=1S/C30H44O3/c1-21(2)13-14-23(4)29(10)30(33-18-17-31-11)20-25(6)24(5)19-26(7)28(9)22(3)15-16-27(8)32-12/h15-16,19-21,23H,3,5-6,8-10,13-14,17-18H2,1-2,4,7,11-12H3/b16-15-,26-19-,30-20+. The second-order valence-corrected chi connectivity index (χ2v) is 8.63. The van der Waals surface area contributed by atoms with Crippen LogP contribution in [0.15, 0.2) is 109 Å². The van der Waals surface area contributed by atoms with Crippen LogP contribution >= 0.6 is 0 Å². The van der Waals surface area contributed by atoms with Gasteiger partial charge in [-0.1, -0.05) is 78.8 Å². The van der Waals surface area contributed by atoms with E-state index in [0.29, 0.717) is 30.8 Å². The molecule has 0 heterocycles. The van der Waals surface area contributed by atoms with Crippen LogP contribution in [-0.2, 0) is 14.2 Å². The average molecular weight is 453 g/mol. The van der Waals surface area contributed by atoms with E-state index >= 15 is 0 Å². The summed E-state index contributed by atoms with van der Waals surface area (Å²) in [6.07, 6.45) is 9.64. The second-order valence-electron chi connectivity index (χ2n) is 8.63. The Balaban J connectivity index is 5.52. The molecule has 3 nitrogen and oxygen atoms in total. The molecule has 0 spiro atoms. The minimum absolute atomic E-state index is 0.302. The molecule has 0 aliphatic carbocycles. The van der Waals surface area contributed by atoms with Gasteiger partial charge in [-0.15, -0.1) is 0 Å². The van der Waals surface area contributed by atoms with Gasteiger partial charge in [-0.3, -0.25) is 0 Å². The second kappa shape index (κ2) is 15.9. The van der Waals surface area contributed by atoms with Crippen molar-refractivity contribution >= 4 is 0 Å². The summed E-state index contributed by atoms with van der Waals surface area (Å²) in [6, 6.07) is 0. The predicted molar refractivity (Wildman–Crippen MR) is 144 cm³/mol. The van der Waals surface area contributed by atoms with Gasteiger partial charge in [0.1, 0.15) is 18.1 Å². The number of rotatable bonds is 17. The van der Waals surface area contributed by atoms with Crippen molar-refractivity contribution < 1.29 is 14.2 Å². The molecule has 1 unspecified atom stereocenters. The number of methoxy groups -OCH3 is 2. The topological polar surface area (TPSA) is 27.7 Å². The molecule has 0 saturated carbocycles. The van der Waals surface area contributed by atoms with Crippen LogP contribution in [0.2, 0.25) is 0 Å². The van der Waals surface area contributed by atoms with E-state index in [2.05, 4.69) is 60.2 Å². The fourth-order valence-electron chi connectivity index (χ4n) is 2.77.